The molecule has 3 aliphatic rings. The molecule has 0 unspecified atom stereocenters. The van der Waals surface area contributed by atoms with E-state index in [1.807, 2.05) is 0 Å². The van der Waals surface area contributed by atoms with Gasteiger partial charge in [0.2, 0.25) is 0 Å². The van der Waals surface area contributed by atoms with Crippen LogP contribution in [0.2, 0.25) is 0 Å². The number of aliphatic hydroxyl groups is 2. The van der Waals surface area contributed by atoms with Crippen molar-refractivity contribution in [2.75, 3.05) is 25.7 Å². The Labute approximate surface area is 587 Å². The van der Waals surface area contributed by atoms with Gasteiger partial charge >= 0.3 is 53.7 Å². The number of halogens is 1. The molecule has 0 aliphatic carbocycles. The average molecular weight is 1410 g/mol. The molecule has 102 heavy (non-hydrogen) atoms. The summed E-state index contributed by atoms with van der Waals surface area (Å²) in [5.41, 5.74) is -0.395. The van der Waals surface area contributed by atoms with E-state index in [9.17, 15) is 48.6 Å². The molecule has 8 aromatic carbocycles. The van der Waals surface area contributed by atoms with Crippen LogP contribution in [-0.4, -0.2) is 182 Å². The molecule has 25 nitrogen and oxygen atoms in total. The van der Waals surface area contributed by atoms with E-state index >= 15 is 4.79 Å². The summed E-state index contributed by atoms with van der Waals surface area (Å²) in [4.78, 5) is 129. The number of alkyl halides is 1. The molecule has 0 spiro atoms. The summed E-state index contributed by atoms with van der Waals surface area (Å²) in [6.45, 7) is -2.68. The Morgan fingerprint density at radius 2 is 0.549 bits per heavy atom. The van der Waals surface area contributed by atoms with Crippen molar-refractivity contribution in [1.29, 1.82) is 0 Å². The van der Waals surface area contributed by atoms with Crippen LogP contribution in [0.25, 0.3) is 0 Å². The summed E-state index contributed by atoms with van der Waals surface area (Å²) in [5, 5.41) is 25.1. The lowest BCUT2D eigenvalue weighted by molar-refractivity contribution is -0.376. The third-order valence-corrected chi connectivity index (χ3v) is 16.4. The molecular weight excluding hydrogens is 1350 g/mol. The van der Waals surface area contributed by atoms with Crippen molar-refractivity contribution >= 4 is 65.3 Å². The molecule has 526 valence electrons. The van der Waals surface area contributed by atoms with Gasteiger partial charge < -0.3 is 76.5 Å². The first-order valence-corrected chi connectivity index (χ1v) is 32.5. The minimum absolute atomic E-state index is 0.0199. The maximum atomic E-state index is 15.1. The summed E-state index contributed by atoms with van der Waals surface area (Å²) in [6, 6.07) is 59.7. The summed E-state index contributed by atoms with van der Waals surface area (Å²) >= 11 is 6.02. The van der Waals surface area contributed by atoms with E-state index in [1.54, 1.807) is 72.8 Å². The van der Waals surface area contributed by atoms with Gasteiger partial charge in [-0.25, -0.2) is 38.4 Å². The molecule has 0 aromatic heterocycles. The van der Waals surface area contributed by atoms with Crippen molar-refractivity contribution in [1.82, 2.24) is 0 Å². The number of benzene rings is 8. The summed E-state index contributed by atoms with van der Waals surface area (Å²) in [7, 11) is 0. The molecule has 26 heteroatoms. The largest absolute Gasteiger partial charge is 0.462 e. The molecule has 15 atom stereocenters. The van der Waals surface area contributed by atoms with Gasteiger partial charge in [-0.1, -0.05) is 146 Å². The van der Waals surface area contributed by atoms with Gasteiger partial charge in [-0.3, -0.25) is 4.79 Å². The third-order valence-electron chi connectivity index (χ3n) is 16.2. The predicted molar refractivity (Wildman–Crippen MR) is 353 cm³/mol. The number of carbonyl (C=O) groups is 9. The first-order valence-electron chi connectivity index (χ1n) is 32.0. The monoisotopic (exact) mass is 1410 g/mol. The Morgan fingerprint density at radius 3 is 0.912 bits per heavy atom. The molecule has 0 saturated carbocycles. The van der Waals surface area contributed by atoms with Crippen molar-refractivity contribution in [2.45, 2.75) is 92.1 Å². The van der Waals surface area contributed by atoms with E-state index in [-0.39, 0.29) is 44.5 Å². The molecule has 0 radical (unpaired) electrons. The van der Waals surface area contributed by atoms with Crippen LogP contribution in [0.1, 0.15) is 82.9 Å². The van der Waals surface area contributed by atoms with Gasteiger partial charge in [-0.15, -0.1) is 11.6 Å². The fourth-order valence-corrected chi connectivity index (χ4v) is 11.2. The lowest BCUT2D eigenvalue weighted by Crippen LogP contribution is -2.69. The van der Waals surface area contributed by atoms with E-state index in [4.69, 9.17) is 77.9 Å². The van der Waals surface area contributed by atoms with Crippen LogP contribution >= 0.6 is 11.6 Å². The van der Waals surface area contributed by atoms with E-state index in [0.717, 1.165) is 0 Å². The number of hydrogen-bond acceptors (Lipinski definition) is 25. The molecule has 0 bridgehead atoms. The number of ether oxygens (including phenoxy) is 14. The van der Waals surface area contributed by atoms with Gasteiger partial charge in [0, 0.05) is 0 Å². The summed E-state index contributed by atoms with van der Waals surface area (Å²) in [5.74, 6) is -10.4. The molecule has 11 rings (SSSR count). The van der Waals surface area contributed by atoms with Crippen LogP contribution in [0.15, 0.2) is 243 Å². The average Bonchev–Trinajstić information content (AvgIpc) is 0.705. The van der Waals surface area contributed by atoms with Crippen LogP contribution in [0.4, 0.5) is 0 Å². The summed E-state index contributed by atoms with van der Waals surface area (Å²) in [6.07, 6.45) is -31.6. The first kappa shape index (κ1) is 72.3. The Hall–Kier alpha value is -11.0. The SMILES string of the molecule is O=C(CCl)OC[C@H]1O[C@@H](O[C@H]2[C@H](OC(=O)c3ccccc3)[C@H](OC(=O)c3ccccc3)[C@@H](O)O[C@@H]2COC(=O)c2ccccc2)[C@H](OC(=O)c2ccccc2)[C@@H](O[C@@H]2O[C@H](COC(=O)c3ccccc3)[C@H](OC(=O)c3ccccc3)[C@H](O)[C@H]2OC(=O)c2ccccc2)[C@H]1OC(=O)c1ccccc1. The highest BCUT2D eigenvalue weighted by molar-refractivity contribution is 6.26. The van der Waals surface area contributed by atoms with Crippen LogP contribution in [0.3, 0.4) is 0 Å². The second kappa shape index (κ2) is 34.9. The van der Waals surface area contributed by atoms with E-state index in [1.165, 1.54) is 170 Å². The third kappa shape index (κ3) is 18.3. The van der Waals surface area contributed by atoms with Crippen molar-refractivity contribution in [3.63, 3.8) is 0 Å². The first-order chi connectivity index (χ1) is 49.6. The second-order valence-corrected chi connectivity index (χ2v) is 23.3. The highest BCUT2D eigenvalue weighted by Gasteiger charge is 2.60. The Balaban J connectivity index is 1.08. The summed E-state index contributed by atoms with van der Waals surface area (Å²) < 4.78 is 88.1. The van der Waals surface area contributed by atoms with Gasteiger partial charge in [0.15, 0.2) is 55.5 Å². The normalized spacial score (nSPS) is 24.4. The number of hydrogen-bond donors (Lipinski definition) is 2. The molecule has 3 heterocycles. The molecular formula is C76H65ClO25. The highest BCUT2D eigenvalue weighted by Crippen LogP contribution is 2.39. The topological polar surface area (TPSA) is 323 Å². The standard InChI is InChI=1S/C76H65ClO25/c77-41-56(78)89-42-55-59(96-69(83)48-31-15-4-16-32-48)63(102-75-61(97-70(84)49-33-17-5-18-34-49)57(79)58(95-68(82)47-29-13-3-14-30-47)53(93-75)43-90-66(80)45-25-9-1-10-26-45)65(100-73(87)52-39-23-8-24-40-52)76(94-55)101-60-54(44-91-67(81)46-27-11-2-12-28-46)92-74(88)64(99-72(86)51-37-21-7-22-38-51)62(60)98-71(85)50-35-19-6-20-36-50/h1-40,53-55,57-65,74-76,79,88H,41-44H2/t53-,54-,55-,57+,58+,59+,60-,61-,62+,63+,64+,65-,74+,75+,76+/m1/s1. The van der Waals surface area contributed by atoms with Gasteiger partial charge in [-0.05, 0) is 97.1 Å². The zero-order valence-corrected chi connectivity index (χ0v) is 54.5. The van der Waals surface area contributed by atoms with Crippen LogP contribution in [-0.2, 0) is 71.1 Å². The lowest BCUT2D eigenvalue weighted by atomic mass is 9.95. The Morgan fingerprint density at radius 1 is 0.284 bits per heavy atom. The molecule has 2 N–H and O–H groups in total. The quantitative estimate of drug-likeness (QED) is 0.0310. The van der Waals surface area contributed by atoms with Gasteiger partial charge in [0.25, 0.3) is 0 Å². The molecule has 8 aromatic rings. The van der Waals surface area contributed by atoms with Gasteiger partial charge in [0.05, 0.1) is 44.5 Å². The maximum absolute atomic E-state index is 15.1. The molecule has 0 amide bonds. The van der Waals surface area contributed by atoms with Crippen LogP contribution in [0.5, 0.6) is 0 Å². The Bertz CT molecular complexity index is 4130. The zero-order valence-electron chi connectivity index (χ0n) is 53.7. The number of rotatable bonds is 25. The molecule has 3 fully saturated rings. The van der Waals surface area contributed by atoms with E-state index in [2.05, 4.69) is 0 Å². The fourth-order valence-electron chi connectivity index (χ4n) is 11.2. The zero-order chi connectivity index (χ0) is 71.5. The van der Waals surface area contributed by atoms with Crippen molar-refractivity contribution in [3.05, 3.63) is 287 Å². The number of esters is 9. The Kier molecular flexibility index (Phi) is 24.7. The maximum Gasteiger partial charge on any atom is 0.338 e. The van der Waals surface area contributed by atoms with Crippen LogP contribution < -0.4 is 0 Å². The molecule has 3 saturated heterocycles. The minimum atomic E-state index is -2.32. The number of carbonyl (C=O) groups excluding carboxylic acids is 9. The van der Waals surface area contributed by atoms with Gasteiger partial charge in [-0.2, -0.15) is 0 Å². The number of aliphatic hydroxyl groups excluding tert-OH is 2. The van der Waals surface area contributed by atoms with Crippen molar-refractivity contribution in [3.8, 4) is 0 Å². The lowest BCUT2D eigenvalue weighted by Gasteiger charge is -2.50. The highest BCUT2D eigenvalue weighted by atomic mass is 35.5. The van der Waals surface area contributed by atoms with Crippen LogP contribution in [0, 0.1) is 0 Å². The second-order valence-electron chi connectivity index (χ2n) is 23.0. The van der Waals surface area contributed by atoms with Crippen molar-refractivity contribution < 1.29 is 120 Å². The van der Waals surface area contributed by atoms with Crippen molar-refractivity contribution in [2.24, 2.45) is 0 Å². The fraction of sp³-hybridized carbons (Fsp3) is 0.250. The minimum Gasteiger partial charge on any atom is -0.462 e. The smallest absolute Gasteiger partial charge is 0.338 e. The van der Waals surface area contributed by atoms with E-state index in [0.29, 0.717) is 0 Å². The predicted octanol–water partition coefficient (Wildman–Crippen LogP) is 8.13. The van der Waals surface area contributed by atoms with E-state index < -0.39 is 172 Å². The van der Waals surface area contributed by atoms with Gasteiger partial charge in [0.1, 0.15) is 62.3 Å². The molecule has 3 aliphatic heterocycles.